The van der Waals surface area contributed by atoms with Crippen molar-refractivity contribution >= 4 is 16.3 Å². The molecule has 4 bridgehead atoms. The highest BCUT2D eigenvalue weighted by molar-refractivity contribution is 7.85. The van der Waals surface area contributed by atoms with Crippen LogP contribution in [0, 0.1) is 24.1 Å². The monoisotopic (exact) mass is 709 g/mol. The summed E-state index contributed by atoms with van der Waals surface area (Å²) in [5.74, 6) is -0.167. The van der Waals surface area contributed by atoms with E-state index in [2.05, 4.69) is 61.9 Å². The summed E-state index contributed by atoms with van der Waals surface area (Å²) in [5.41, 5.74) is 5.07. The Morgan fingerprint density at radius 1 is 0.824 bits per heavy atom. The van der Waals surface area contributed by atoms with Gasteiger partial charge < -0.3 is 8.92 Å². The van der Waals surface area contributed by atoms with E-state index in [1.54, 1.807) is 24.3 Å². The lowest BCUT2D eigenvalue weighted by atomic mass is 9.41. The van der Waals surface area contributed by atoms with Gasteiger partial charge in [0.15, 0.2) is 0 Å². The van der Waals surface area contributed by atoms with Gasteiger partial charge in [-0.1, -0.05) is 87.5 Å². The van der Waals surface area contributed by atoms with E-state index >= 15 is 0 Å². The Bertz CT molecular complexity index is 2050. The van der Waals surface area contributed by atoms with Crippen molar-refractivity contribution in [2.75, 3.05) is 0 Å². The van der Waals surface area contributed by atoms with Crippen LogP contribution in [0.3, 0.4) is 0 Å². The Kier molecular flexibility index (Phi) is 8.74. The van der Waals surface area contributed by atoms with Crippen molar-refractivity contribution in [2.45, 2.75) is 103 Å². The topological polar surface area (TPSA) is 81.7 Å². The lowest BCUT2D eigenvalue weighted by molar-refractivity contribution is -0.180. The Labute approximate surface area is 302 Å². The second-order valence-electron chi connectivity index (χ2n) is 16.8. The molecule has 0 aliphatic heterocycles. The number of rotatable bonds is 9. The molecule has 4 aromatic rings. The summed E-state index contributed by atoms with van der Waals surface area (Å²) in [4.78, 5) is 13.9. The number of aryl methyl sites for hydroxylation is 1. The highest BCUT2D eigenvalue weighted by Crippen LogP contribution is 2.67. The van der Waals surface area contributed by atoms with Gasteiger partial charge in [0.1, 0.15) is 11.6 Å². The molecule has 1 N–H and O–H groups in total. The summed E-state index contributed by atoms with van der Waals surface area (Å²) in [5, 5.41) is 0. The van der Waals surface area contributed by atoms with Gasteiger partial charge in [-0.05, 0) is 139 Å². The van der Waals surface area contributed by atoms with Crippen molar-refractivity contribution in [3.8, 4) is 28.0 Å². The molecule has 268 valence electrons. The van der Waals surface area contributed by atoms with Crippen LogP contribution in [-0.2, 0) is 30.7 Å². The minimum Gasteiger partial charge on any atom is -0.463 e. The third-order valence-electron chi connectivity index (χ3n) is 11.3. The molecule has 51 heavy (non-hydrogen) atoms. The van der Waals surface area contributed by atoms with Crippen molar-refractivity contribution < 1.29 is 26.5 Å². The van der Waals surface area contributed by atoms with Gasteiger partial charge >= 0.3 is 16.3 Å². The molecule has 4 atom stereocenters. The summed E-state index contributed by atoms with van der Waals surface area (Å²) >= 11 is 0. The van der Waals surface area contributed by atoms with Gasteiger partial charge in [-0.25, -0.2) is 4.39 Å². The van der Waals surface area contributed by atoms with E-state index in [0.717, 1.165) is 39.8 Å². The lowest BCUT2D eigenvalue weighted by Gasteiger charge is -2.65. The van der Waals surface area contributed by atoms with E-state index in [9.17, 15) is 17.6 Å². The van der Waals surface area contributed by atoms with Crippen LogP contribution in [0.4, 0.5) is 4.39 Å². The quantitative estimate of drug-likeness (QED) is 0.175. The number of hydrogen-bond donors (Lipinski definition) is 1. The zero-order valence-electron chi connectivity index (χ0n) is 30.4. The fourth-order valence-corrected chi connectivity index (χ4v) is 10.8. The smallest absolute Gasteiger partial charge is 0.383 e. The molecule has 6 nitrogen and oxygen atoms in total. The van der Waals surface area contributed by atoms with E-state index < -0.39 is 26.7 Å². The Hall–Kier alpha value is -4.01. The largest absolute Gasteiger partial charge is 0.463 e. The first-order valence-electron chi connectivity index (χ1n) is 18.0. The molecular weight excluding hydrogens is 662 g/mol. The Balaban J connectivity index is 1.17. The first-order valence-corrected chi connectivity index (χ1v) is 19.4. The third-order valence-corrected chi connectivity index (χ3v) is 12.4. The molecule has 4 unspecified atom stereocenters. The number of benzene rings is 4. The zero-order valence-corrected chi connectivity index (χ0v) is 31.2. The van der Waals surface area contributed by atoms with Crippen LogP contribution in [0.2, 0.25) is 0 Å². The first-order chi connectivity index (χ1) is 24.0. The van der Waals surface area contributed by atoms with Gasteiger partial charge in [0.2, 0.25) is 0 Å². The number of halogens is 1. The molecule has 8 rings (SSSR count). The summed E-state index contributed by atoms with van der Waals surface area (Å²) in [6.07, 6.45) is 3.40. The van der Waals surface area contributed by atoms with E-state index in [1.807, 2.05) is 39.0 Å². The first kappa shape index (κ1) is 35.4. The summed E-state index contributed by atoms with van der Waals surface area (Å²) in [6, 6.07) is 28.5. The van der Waals surface area contributed by atoms with E-state index in [1.165, 1.54) is 17.7 Å². The predicted molar refractivity (Wildman–Crippen MR) is 199 cm³/mol. The van der Waals surface area contributed by atoms with Crippen molar-refractivity contribution in [1.29, 1.82) is 0 Å². The van der Waals surface area contributed by atoms with Crippen LogP contribution in [0.5, 0.6) is 5.75 Å². The minimum absolute atomic E-state index is 0.0488. The van der Waals surface area contributed by atoms with Crippen LogP contribution < -0.4 is 8.91 Å². The van der Waals surface area contributed by atoms with Gasteiger partial charge in [0.05, 0.1) is 11.5 Å². The van der Waals surface area contributed by atoms with Crippen LogP contribution in [0.15, 0.2) is 91.0 Å². The molecule has 0 heterocycles. The molecule has 0 saturated heterocycles. The second kappa shape index (κ2) is 12.6. The zero-order chi connectivity index (χ0) is 36.4. The molecular formula is C43H48FNO5S. The summed E-state index contributed by atoms with van der Waals surface area (Å²) in [7, 11) is -4.28. The van der Waals surface area contributed by atoms with E-state index in [4.69, 9.17) is 8.92 Å². The lowest BCUT2D eigenvalue weighted by Crippen LogP contribution is -2.69. The molecule has 8 heteroatoms. The van der Waals surface area contributed by atoms with Crippen LogP contribution in [-0.4, -0.2) is 26.0 Å². The molecule has 0 spiro atoms. The highest BCUT2D eigenvalue weighted by Gasteiger charge is 2.67. The molecule has 4 aliphatic carbocycles. The average molecular weight is 710 g/mol. The van der Waals surface area contributed by atoms with E-state index in [-0.39, 0.29) is 35.0 Å². The van der Waals surface area contributed by atoms with Crippen LogP contribution >= 0.6 is 0 Å². The minimum atomic E-state index is -4.28. The normalized spacial score (nSPS) is 25.6. The van der Waals surface area contributed by atoms with Gasteiger partial charge in [0, 0.05) is 5.54 Å². The van der Waals surface area contributed by atoms with Gasteiger partial charge in [0.25, 0.3) is 0 Å². The Morgan fingerprint density at radius 2 is 1.45 bits per heavy atom. The van der Waals surface area contributed by atoms with E-state index in [0.29, 0.717) is 32.1 Å². The fourth-order valence-electron chi connectivity index (χ4n) is 9.67. The number of hydrogen-bond acceptors (Lipinski definition) is 5. The maximum absolute atomic E-state index is 13.9. The molecule has 4 fully saturated rings. The predicted octanol–water partition coefficient (Wildman–Crippen LogP) is 9.59. The standard InChI is InChI=1S/C43H48FNO5S/c1-28(2)49-39(46)42-23-30-22-41(25-42,35-15-7-31(8-16-35)32-11-17-36(44)18-12-32)26-43(24-30,27-42)45-51(47,48)50-37-19-20-38(29(3)21-37)33-9-13-34(14-10-33)40(4,5)6/h7-21,28,30,45H,22-27H2,1-6H3. The number of nitrogens with one attached hydrogen (secondary N) is 1. The number of esters is 1. The van der Waals surface area contributed by atoms with Crippen molar-refractivity contribution in [3.63, 3.8) is 0 Å². The van der Waals surface area contributed by atoms with Crippen molar-refractivity contribution in [2.24, 2.45) is 11.3 Å². The number of carbonyl (C=O) groups is 1. The maximum atomic E-state index is 13.9. The van der Waals surface area contributed by atoms with Gasteiger partial charge in [-0.3, -0.25) is 4.79 Å². The highest BCUT2D eigenvalue weighted by atomic mass is 32.2. The number of ether oxygens (including phenoxy) is 1. The summed E-state index contributed by atoms with van der Waals surface area (Å²) < 4.78 is 56.1. The molecule has 0 amide bonds. The van der Waals surface area contributed by atoms with Crippen LogP contribution in [0.1, 0.15) is 89.8 Å². The van der Waals surface area contributed by atoms with Crippen LogP contribution in [0.25, 0.3) is 22.3 Å². The van der Waals surface area contributed by atoms with Crippen molar-refractivity contribution in [3.05, 3.63) is 114 Å². The molecule has 4 saturated carbocycles. The molecule has 4 aromatic carbocycles. The number of carbonyl (C=O) groups excluding carboxylic acids is 1. The summed E-state index contributed by atoms with van der Waals surface area (Å²) in [6.45, 7) is 12.2. The maximum Gasteiger partial charge on any atom is 0.383 e. The fraction of sp³-hybridized carbons (Fsp3) is 0.419. The third kappa shape index (κ3) is 6.97. The molecule has 0 radical (unpaired) electrons. The second-order valence-corrected chi connectivity index (χ2v) is 18.1. The van der Waals surface area contributed by atoms with Gasteiger partial charge in [-0.15, -0.1) is 0 Å². The Morgan fingerprint density at radius 3 is 2.06 bits per heavy atom. The SMILES string of the molecule is Cc1cc(OS(=O)(=O)NC23CC4CC(C(=O)OC(C)C)(C2)CC(c2ccc(-c5ccc(F)cc5)cc2)(C4)C3)ccc1-c1ccc(C(C)(C)C)cc1. The van der Waals surface area contributed by atoms with Gasteiger partial charge in [-0.2, -0.15) is 13.1 Å². The molecule has 4 aliphatic rings. The average Bonchev–Trinajstić information content (AvgIpc) is 3.03. The van der Waals surface area contributed by atoms with Crippen molar-refractivity contribution in [1.82, 2.24) is 4.72 Å². The molecule has 0 aromatic heterocycles.